The topological polar surface area (TPSA) is 62.1 Å². The Balaban J connectivity index is 2.75. The molecule has 0 amide bonds. The van der Waals surface area contributed by atoms with E-state index in [0.717, 1.165) is 0 Å². The van der Waals surface area contributed by atoms with Crippen molar-refractivity contribution in [1.82, 2.24) is 0 Å². The van der Waals surface area contributed by atoms with E-state index < -0.39 is 5.97 Å². The van der Waals surface area contributed by atoms with E-state index in [0.29, 0.717) is 10.7 Å². The molecule has 0 saturated carbocycles. The molecule has 0 saturated heterocycles. The van der Waals surface area contributed by atoms with Gasteiger partial charge in [0.1, 0.15) is 6.07 Å². The van der Waals surface area contributed by atoms with Crippen LogP contribution in [-0.2, 0) is 9.53 Å². The third-order valence-electron chi connectivity index (χ3n) is 1.82. The third-order valence-corrected chi connectivity index (χ3v) is 2.06. The van der Waals surface area contributed by atoms with Crippen LogP contribution in [0.25, 0.3) is 0 Å². The van der Waals surface area contributed by atoms with Crippen molar-refractivity contribution in [2.75, 3.05) is 11.9 Å². The number of anilines is 1. The Kier molecular flexibility index (Phi) is 5.05. The summed E-state index contributed by atoms with van der Waals surface area (Å²) in [6, 6.07) is 8.70. The van der Waals surface area contributed by atoms with Crippen LogP contribution < -0.4 is 5.32 Å². The number of hydrogen-bond acceptors (Lipinski definition) is 4. The second-order valence-electron chi connectivity index (χ2n) is 3.04. The van der Waals surface area contributed by atoms with E-state index in [1.54, 1.807) is 37.3 Å². The first-order chi connectivity index (χ1) is 8.17. The first-order valence-corrected chi connectivity index (χ1v) is 5.34. The summed E-state index contributed by atoms with van der Waals surface area (Å²) in [5.74, 6) is -0.649. The van der Waals surface area contributed by atoms with Crippen molar-refractivity contribution >= 4 is 23.3 Å². The number of benzene rings is 1. The molecular formula is C12H11ClN2O2. The minimum Gasteiger partial charge on any atom is -0.462 e. The van der Waals surface area contributed by atoms with Crippen LogP contribution in [-0.4, -0.2) is 12.6 Å². The molecule has 0 spiro atoms. The smallest absolute Gasteiger partial charge is 0.350 e. The molecule has 1 aromatic carbocycles. The van der Waals surface area contributed by atoms with Gasteiger partial charge in [-0.2, -0.15) is 5.26 Å². The summed E-state index contributed by atoms with van der Waals surface area (Å²) in [5, 5.41) is 12.1. The van der Waals surface area contributed by atoms with Gasteiger partial charge in [0.15, 0.2) is 5.57 Å². The van der Waals surface area contributed by atoms with E-state index in [2.05, 4.69) is 5.32 Å². The van der Waals surface area contributed by atoms with Crippen LogP contribution in [0.1, 0.15) is 6.92 Å². The predicted molar refractivity (Wildman–Crippen MR) is 65.4 cm³/mol. The molecule has 0 aliphatic rings. The summed E-state index contributed by atoms with van der Waals surface area (Å²) >= 11 is 5.79. The lowest BCUT2D eigenvalue weighted by molar-refractivity contribution is -0.138. The van der Waals surface area contributed by atoms with E-state index in [1.807, 2.05) is 0 Å². The Morgan fingerprint density at radius 2 is 2.41 bits per heavy atom. The van der Waals surface area contributed by atoms with Crippen molar-refractivity contribution in [1.29, 1.82) is 5.26 Å². The van der Waals surface area contributed by atoms with Crippen molar-refractivity contribution < 1.29 is 9.53 Å². The van der Waals surface area contributed by atoms with E-state index >= 15 is 0 Å². The molecule has 0 fully saturated rings. The Bertz CT molecular complexity index is 478. The maximum Gasteiger partial charge on any atom is 0.350 e. The zero-order valence-corrected chi connectivity index (χ0v) is 9.99. The minimum atomic E-state index is -0.649. The fourth-order valence-corrected chi connectivity index (χ4v) is 1.27. The van der Waals surface area contributed by atoms with Crippen molar-refractivity contribution in [3.05, 3.63) is 41.1 Å². The molecule has 0 atom stereocenters. The molecule has 0 bridgehead atoms. The number of nitriles is 1. The highest BCUT2D eigenvalue weighted by molar-refractivity contribution is 6.30. The fraction of sp³-hybridized carbons (Fsp3) is 0.167. The highest BCUT2D eigenvalue weighted by Crippen LogP contribution is 2.15. The quantitative estimate of drug-likeness (QED) is 0.507. The summed E-state index contributed by atoms with van der Waals surface area (Å²) in [6.45, 7) is 1.91. The average molecular weight is 251 g/mol. The molecule has 17 heavy (non-hydrogen) atoms. The molecular weight excluding hydrogens is 240 g/mol. The van der Waals surface area contributed by atoms with Gasteiger partial charge in [0.2, 0.25) is 0 Å². The SMILES string of the molecule is CCOC(=O)/C(C#N)=C/Nc1cccc(Cl)c1. The van der Waals surface area contributed by atoms with Crippen LogP contribution in [0.5, 0.6) is 0 Å². The third kappa shape index (κ3) is 4.17. The number of hydrogen-bond donors (Lipinski definition) is 1. The van der Waals surface area contributed by atoms with Gasteiger partial charge in [-0.1, -0.05) is 17.7 Å². The Morgan fingerprint density at radius 3 is 3.00 bits per heavy atom. The van der Waals surface area contributed by atoms with Gasteiger partial charge in [-0.15, -0.1) is 0 Å². The molecule has 0 aliphatic carbocycles. The van der Waals surface area contributed by atoms with Crippen LogP contribution in [0.2, 0.25) is 5.02 Å². The molecule has 1 rings (SSSR count). The standard InChI is InChI=1S/C12H11ClN2O2/c1-2-17-12(16)9(7-14)8-15-11-5-3-4-10(13)6-11/h3-6,8,15H,2H2,1H3/b9-8+. The molecule has 0 aromatic heterocycles. The lowest BCUT2D eigenvalue weighted by Gasteiger charge is -2.02. The summed E-state index contributed by atoms with van der Waals surface area (Å²) in [7, 11) is 0. The average Bonchev–Trinajstić information content (AvgIpc) is 2.30. The summed E-state index contributed by atoms with van der Waals surface area (Å²) in [6.07, 6.45) is 1.30. The first kappa shape index (κ1) is 13.1. The number of carbonyl (C=O) groups is 1. The Hall–Kier alpha value is -1.99. The first-order valence-electron chi connectivity index (χ1n) is 4.97. The normalized spacial score (nSPS) is 10.5. The van der Waals surface area contributed by atoms with Gasteiger partial charge >= 0.3 is 5.97 Å². The van der Waals surface area contributed by atoms with Gasteiger partial charge in [-0.25, -0.2) is 4.79 Å². The summed E-state index contributed by atoms with van der Waals surface area (Å²) < 4.78 is 4.71. The number of halogens is 1. The lowest BCUT2D eigenvalue weighted by atomic mass is 10.3. The predicted octanol–water partition coefficient (Wildman–Crippen LogP) is 2.72. The lowest BCUT2D eigenvalue weighted by Crippen LogP contribution is -2.07. The largest absolute Gasteiger partial charge is 0.462 e. The van der Waals surface area contributed by atoms with Crippen molar-refractivity contribution in [3.63, 3.8) is 0 Å². The molecule has 0 radical (unpaired) electrons. The van der Waals surface area contributed by atoms with Crippen LogP contribution in [0, 0.1) is 11.3 Å². The van der Waals surface area contributed by atoms with Gasteiger partial charge in [-0.3, -0.25) is 0 Å². The summed E-state index contributed by atoms with van der Waals surface area (Å²) in [4.78, 5) is 11.3. The zero-order chi connectivity index (χ0) is 12.7. The number of nitrogens with zero attached hydrogens (tertiary/aromatic N) is 1. The molecule has 0 unspecified atom stereocenters. The maximum atomic E-state index is 11.3. The van der Waals surface area contributed by atoms with Crippen LogP contribution in [0.4, 0.5) is 5.69 Å². The number of nitrogens with one attached hydrogen (secondary N) is 1. The van der Waals surface area contributed by atoms with Crippen LogP contribution >= 0.6 is 11.6 Å². The van der Waals surface area contributed by atoms with Gasteiger partial charge in [0, 0.05) is 16.9 Å². The monoisotopic (exact) mass is 250 g/mol. The molecule has 0 aliphatic heterocycles. The van der Waals surface area contributed by atoms with E-state index in [4.69, 9.17) is 21.6 Å². The minimum absolute atomic E-state index is 0.0909. The maximum absolute atomic E-state index is 11.3. The molecule has 88 valence electrons. The molecule has 4 nitrogen and oxygen atoms in total. The van der Waals surface area contributed by atoms with Crippen LogP contribution in [0.15, 0.2) is 36.0 Å². The van der Waals surface area contributed by atoms with Crippen molar-refractivity contribution in [2.45, 2.75) is 6.92 Å². The Labute approximate surface area is 104 Å². The molecule has 0 heterocycles. The van der Waals surface area contributed by atoms with E-state index in [-0.39, 0.29) is 12.2 Å². The molecule has 1 N–H and O–H groups in total. The molecule has 5 heteroatoms. The highest BCUT2D eigenvalue weighted by atomic mass is 35.5. The zero-order valence-electron chi connectivity index (χ0n) is 9.24. The van der Waals surface area contributed by atoms with Crippen molar-refractivity contribution in [3.8, 4) is 6.07 Å². The van der Waals surface area contributed by atoms with Gasteiger partial charge in [-0.05, 0) is 25.1 Å². The fourth-order valence-electron chi connectivity index (χ4n) is 1.08. The number of rotatable bonds is 4. The highest BCUT2D eigenvalue weighted by Gasteiger charge is 2.08. The second kappa shape index (κ2) is 6.56. The molecule has 1 aromatic rings. The van der Waals surface area contributed by atoms with Gasteiger partial charge in [0.05, 0.1) is 6.61 Å². The summed E-state index contributed by atoms with van der Waals surface area (Å²) in [5.41, 5.74) is 0.598. The van der Waals surface area contributed by atoms with Crippen LogP contribution in [0.3, 0.4) is 0 Å². The van der Waals surface area contributed by atoms with Gasteiger partial charge in [0.25, 0.3) is 0 Å². The van der Waals surface area contributed by atoms with Gasteiger partial charge < -0.3 is 10.1 Å². The number of esters is 1. The van der Waals surface area contributed by atoms with Crippen molar-refractivity contribution in [2.24, 2.45) is 0 Å². The Morgan fingerprint density at radius 1 is 1.65 bits per heavy atom. The second-order valence-corrected chi connectivity index (χ2v) is 3.48. The number of carbonyl (C=O) groups excluding carboxylic acids is 1. The van der Waals surface area contributed by atoms with E-state index in [9.17, 15) is 4.79 Å². The van der Waals surface area contributed by atoms with E-state index in [1.165, 1.54) is 6.20 Å². The number of ether oxygens (including phenoxy) is 1.